The molecule has 0 fully saturated rings. The van der Waals surface area contributed by atoms with Gasteiger partial charge in [0.1, 0.15) is 0 Å². The number of ketones is 1. The zero-order valence-corrected chi connectivity index (χ0v) is 13.7. The van der Waals surface area contributed by atoms with Crippen molar-refractivity contribution in [3.63, 3.8) is 0 Å². The van der Waals surface area contributed by atoms with Gasteiger partial charge in [0.25, 0.3) is 0 Å². The number of Topliss-reactive ketones (excluding diaryl/α,β-unsaturated/α-hetero) is 1. The first kappa shape index (κ1) is 15.6. The monoisotopic (exact) mass is 345 g/mol. The predicted octanol–water partition coefficient (Wildman–Crippen LogP) is 4.38. The van der Waals surface area contributed by atoms with Crippen molar-refractivity contribution in [1.82, 2.24) is 4.98 Å². The molecule has 1 aromatic heterocycles. The lowest BCUT2D eigenvalue weighted by Crippen LogP contribution is -2.24. The van der Waals surface area contributed by atoms with E-state index < -0.39 is 12.1 Å². The molecular formula is C17H12ClNO3S. The Kier molecular flexibility index (Phi) is 4.41. The lowest BCUT2D eigenvalue weighted by atomic mass is 10.1. The highest BCUT2D eigenvalue weighted by Gasteiger charge is 2.20. The molecule has 1 atom stereocenters. The predicted molar refractivity (Wildman–Crippen MR) is 90.3 cm³/mol. The van der Waals surface area contributed by atoms with Crippen molar-refractivity contribution in [2.45, 2.75) is 13.0 Å². The van der Waals surface area contributed by atoms with Gasteiger partial charge in [-0.2, -0.15) is 0 Å². The number of fused-ring (bicyclic) bond motifs is 1. The normalized spacial score (nSPS) is 12.1. The first-order valence-electron chi connectivity index (χ1n) is 6.88. The number of hydrogen-bond acceptors (Lipinski definition) is 5. The number of halogens is 1. The second kappa shape index (κ2) is 6.48. The summed E-state index contributed by atoms with van der Waals surface area (Å²) < 4.78 is 6.17. The molecule has 0 aliphatic heterocycles. The molecule has 0 bridgehead atoms. The van der Waals surface area contributed by atoms with Crippen LogP contribution in [0.4, 0.5) is 0 Å². The molecule has 0 aliphatic carbocycles. The standard InChI is InChI=1S/C17H12ClNO3S/c1-10(16(20)11-2-5-13(18)6-3-11)22-17(21)12-4-7-14-15(8-12)23-9-19-14/h2-10H,1H3/t10-/m1/s1. The highest BCUT2D eigenvalue weighted by Crippen LogP contribution is 2.20. The van der Waals surface area contributed by atoms with Gasteiger partial charge >= 0.3 is 5.97 Å². The Hall–Kier alpha value is -2.24. The molecule has 3 rings (SSSR count). The average molecular weight is 346 g/mol. The number of nitrogens with zero attached hydrogens (tertiary/aromatic N) is 1. The van der Waals surface area contributed by atoms with Gasteiger partial charge in [0.2, 0.25) is 5.78 Å². The molecule has 0 aliphatic rings. The topological polar surface area (TPSA) is 56.3 Å². The van der Waals surface area contributed by atoms with Gasteiger partial charge < -0.3 is 4.74 Å². The Balaban J connectivity index is 1.73. The van der Waals surface area contributed by atoms with E-state index in [1.165, 1.54) is 11.3 Å². The van der Waals surface area contributed by atoms with E-state index in [4.69, 9.17) is 16.3 Å². The van der Waals surface area contributed by atoms with Crippen molar-refractivity contribution in [3.05, 3.63) is 64.1 Å². The molecule has 0 saturated heterocycles. The summed E-state index contributed by atoms with van der Waals surface area (Å²) in [7, 11) is 0. The molecule has 0 unspecified atom stereocenters. The molecule has 0 N–H and O–H groups in total. The van der Waals surface area contributed by atoms with Crippen molar-refractivity contribution in [1.29, 1.82) is 0 Å². The third kappa shape index (κ3) is 3.41. The fourth-order valence-corrected chi connectivity index (χ4v) is 2.96. The minimum Gasteiger partial charge on any atom is -0.451 e. The van der Waals surface area contributed by atoms with Crippen molar-refractivity contribution in [2.24, 2.45) is 0 Å². The quantitative estimate of drug-likeness (QED) is 0.520. The summed E-state index contributed by atoms with van der Waals surface area (Å²) in [6.07, 6.45) is -0.874. The minimum absolute atomic E-state index is 0.270. The Labute approximate surface area is 141 Å². The van der Waals surface area contributed by atoms with Crippen LogP contribution in [0.2, 0.25) is 5.02 Å². The molecule has 2 aromatic carbocycles. The van der Waals surface area contributed by atoms with Crippen molar-refractivity contribution < 1.29 is 14.3 Å². The maximum atomic E-state index is 12.3. The smallest absolute Gasteiger partial charge is 0.338 e. The van der Waals surface area contributed by atoms with Gasteiger partial charge in [0, 0.05) is 10.6 Å². The van der Waals surface area contributed by atoms with Gasteiger partial charge in [-0.15, -0.1) is 11.3 Å². The van der Waals surface area contributed by atoms with Crippen LogP contribution in [0.15, 0.2) is 48.0 Å². The fourth-order valence-electron chi connectivity index (χ4n) is 2.11. The van der Waals surface area contributed by atoms with E-state index in [0.29, 0.717) is 16.1 Å². The zero-order valence-electron chi connectivity index (χ0n) is 12.2. The average Bonchev–Trinajstić information content (AvgIpc) is 3.02. The molecular weight excluding hydrogens is 334 g/mol. The number of carbonyl (C=O) groups is 2. The van der Waals surface area contributed by atoms with E-state index in [9.17, 15) is 9.59 Å². The summed E-state index contributed by atoms with van der Waals surface area (Å²) in [6.45, 7) is 1.56. The van der Waals surface area contributed by atoms with E-state index in [1.807, 2.05) is 0 Å². The Morgan fingerprint density at radius 1 is 1.13 bits per heavy atom. The van der Waals surface area contributed by atoms with Crippen LogP contribution < -0.4 is 0 Å². The van der Waals surface area contributed by atoms with E-state index in [1.54, 1.807) is 54.9 Å². The van der Waals surface area contributed by atoms with E-state index in [-0.39, 0.29) is 5.78 Å². The molecule has 0 radical (unpaired) electrons. The first-order valence-corrected chi connectivity index (χ1v) is 8.14. The second-order valence-corrected chi connectivity index (χ2v) is 6.28. The molecule has 6 heteroatoms. The van der Waals surface area contributed by atoms with E-state index in [2.05, 4.69) is 4.98 Å². The van der Waals surface area contributed by atoms with Gasteiger partial charge in [0.15, 0.2) is 6.10 Å². The maximum Gasteiger partial charge on any atom is 0.338 e. The highest BCUT2D eigenvalue weighted by molar-refractivity contribution is 7.16. The number of benzene rings is 2. The van der Waals surface area contributed by atoms with Crippen LogP contribution in [-0.4, -0.2) is 22.8 Å². The molecule has 0 saturated carbocycles. The molecule has 3 aromatic rings. The van der Waals surface area contributed by atoms with Crippen molar-refractivity contribution in [2.75, 3.05) is 0 Å². The third-order valence-corrected chi connectivity index (χ3v) is 4.39. The van der Waals surface area contributed by atoms with Crippen LogP contribution in [0, 0.1) is 0 Å². The number of aromatic nitrogens is 1. The van der Waals surface area contributed by atoms with Crippen molar-refractivity contribution in [3.8, 4) is 0 Å². The summed E-state index contributed by atoms with van der Waals surface area (Å²) in [5, 5.41) is 0.545. The third-order valence-electron chi connectivity index (χ3n) is 3.35. The molecule has 23 heavy (non-hydrogen) atoms. The number of esters is 1. The van der Waals surface area contributed by atoms with Gasteiger partial charge in [-0.05, 0) is 49.4 Å². The van der Waals surface area contributed by atoms with Gasteiger partial charge in [-0.25, -0.2) is 9.78 Å². The highest BCUT2D eigenvalue weighted by atomic mass is 35.5. The summed E-state index contributed by atoms with van der Waals surface area (Å²) >= 11 is 7.24. The maximum absolute atomic E-state index is 12.3. The summed E-state index contributed by atoms with van der Waals surface area (Å²) in [5.41, 5.74) is 3.40. The molecule has 4 nitrogen and oxygen atoms in total. The minimum atomic E-state index is -0.874. The lowest BCUT2D eigenvalue weighted by molar-refractivity contribution is 0.0319. The molecule has 0 amide bonds. The number of thiazole rings is 1. The Bertz CT molecular complexity index is 873. The van der Waals surface area contributed by atoms with Crippen molar-refractivity contribution >= 4 is 44.9 Å². The summed E-state index contributed by atoms with van der Waals surface area (Å²) in [4.78, 5) is 28.6. The van der Waals surface area contributed by atoms with E-state index >= 15 is 0 Å². The van der Waals surface area contributed by atoms with Crippen LogP contribution in [0.3, 0.4) is 0 Å². The lowest BCUT2D eigenvalue weighted by Gasteiger charge is -2.12. The number of rotatable bonds is 4. The fraction of sp³-hybridized carbons (Fsp3) is 0.118. The van der Waals surface area contributed by atoms with Crippen LogP contribution in [0.1, 0.15) is 27.6 Å². The Morgan fingerprint density at radius 2 is 1.83 bits per heavy atom. The summed E-state index contributed by atoms with van der Waals surface area (Å²) in [5.74, 6) is -0.802. The number of ether oxygens (including phenoxy) is 1. The summed E-state index contributed by atoms with van der Waals surface area (Å²) in [6, 6.07) is 11.6. The Morgan fingerprint density at radius 3 is 2.57 bits per heavy atom. The zero-order chi connectivity index (χ0) is 16.4. The molecule has 1 heterocycles. The largest absolute Gasteiger partial charge is 0.451 e. The number of carbonyl (C=O) groups excluding carboxylic acids is 2. The van der Waals surface area contributed by atoms with Crippen LogP contribution in [0.5, 0.6) is 0 Å². The van der Waals surface area contributed by atoms with Crippen LogP contribution in [0.25, 0.3) is 10.2 Å². The SMILES string of the molecule is C[C@@H](OC(=O)c1ccc2ncsc2c1)C(=O)c1ccc(Cl)cc1. The van der Waals surface area contributed by atoms with E-state index in [0.717, 1.165) is 10.2 Å². The number of hydrogen-bond donors (Lipinski definition) is 0. The molecule has 0 spiro atoms. The van der Waals surface area contributed by atoms with Gasteiger partial charge in [0.05, 0.1) is 21.3 Å². The molecule has 116 valence electrons. The van der Waals surface area contributed by atoms with Gasteiger partial charge in [-0.1, -0.05) is 11.6 Å². The van der Waals surface area contributed by atoms with Crippen LogP contribution in [-0.2, 0) is 4.74 Å². The van der Waals surface area contributed by atoms with Gasteiger partial charge in [-0.3, -0.25) is 4.79 Å². The first-order chi connectivity index (χ1) is 11.0. The van der Waals surface area contributed by atoms with Crippen LogP contribution >= 0.6 is 22.9 Å². The second-order valence-electron chi connectivity index (χ2n) is 4.95.